The van der Waals surface area contributed by atoms with Gasteiger partial charge in [-0.2, -0.15) is 0 Å². The summed E-state index contributed by atoms with van der Waals surface area (Å²) in [4.78, 5) is 36.5. The zero-order valence-electron chi connectivity index (χ0n) is 15.8. The number of nitrogens with zero attached hydrogens (tertiary/aromatic N) is 2. The Labute approximate surface area is 166 Å². The number of carboxylic acid groups (broad SMARTS) is 1. The average Bonchev–Trinajstić information content (AvgIpc) is 2.68. The van der Waals surface area contributed by atoms with Crippen molar-refractivity contribution in [2.24, 2.45) is 5.92 Å². The number of amides is 1. The van der Waals surface area contributed by atoms with E-state index < -0.39 is 22.5 Å². The largest absolute Gasteiger partial charge is 0.507 e. The van der Waals surface area contributed by atoms with Crippen molar-refractivity contribution in [1.29, 1.82) is 0 Å². The molecule has 1 amide bonds. The fraction of sp³-hybridized carbons (Fsp3) is 0.300. The Bertz CT molecular complexity index is 967. The molecule has 3 rings (SSSR count). The van der Waals surface area contributed by atoms with Crippen LogP contribution in [-0.4, -0.2) is 40.1 Å². The second-order valence-corrected chi connectivity index (χ2v) is 7.12. The summed E-state index contributed by atoms with van der Waals surface area (Å²) >= 11 is 0. The normalized spacial score (nSPS) is 14.4. The van der Waals surface area contributed by atoms with Crippen LogP contribution in [0.3, 0.4) is 0 Å². The number of aromatic carboxylic acids is 1. The summed E-state index contributed by atoms with van der Waals surface area (Å²) in [6, 6.07) is 7.93. The summed E-state index contributed by atoms with van der Waals surface area (Å²) in [5, 5.41) is 32.7. The number of nitrogens with one attached hydrogen (secondary N) is 1. The van der Waals surface area contributed by atoms with Gasteiger partial charge >= 0.3 is 5.97 Å². The summed E-state index contributed by atoms with van der Waals surface area (Å²) < 4.78 is 0. The van der Waals surface area contributed by atoms with Gasteiger partial charge in [0.1, 0.15) is 17.0 Å². The molecule has 1 saturated heterocycles. The number of carbonyl (C=O) groups is 2. The number of phenols is 1. The number of anilines is 2. The first-order chi connectivity index (χ1) is 13.8. The van der Waals surface area contributed by atoms with Crippen LogP contribution in [0.25, 0.3) is 0 Å². The molecule has 1 heterocycles. The van der Waals surface area contributed by atoms with E-state index in [4.69, 9.17) is 5.11 Å². The van der Waals surface area contributed by atoms with Crippen LogP contribution in [0.5, 0.6) is 5.75 Å². The van der Waals surface area contributed by atoms with E-state index in [1.54, 1.807) is 6.07 Å². The van der Waals surface area contributed by atoms with Crippen LogP contribution in [0, 0.1) is 16.0 Å². The molecule has 2 aromatic carbocycles. The van der Waals surface area contributed by atoms with Gasteiger partial charge in [-0.05, 0) is 43.0 Å². The minimum Gasteiger partial charge on any atom is -0.507 e. The van der Waals surface area contributed by atoms with Gasteiger partial charge in [-0.15, -0.1) is 0 Å². The van der Waals surface area contributed by atoms with E-state index >= 15 is 0 Å². The maximum atomic E-state index is 12.5. The van der Waals surface area contributed by atoms with Gasteiger partial charge in [0.05, 0.1) is 4.92 Å². The Morgan fingerprint density at radius 2 is 1.86 bits per heavy atom. The molecule has 2 aromatic rings. The zero-order chi connectivity index (χ0) is 21.1. The van der Waals surface area contributed by atoms with Crippen molar-refractivity contribution in [2.75, 3.05) is 23.3 Å². The van der Waals surface area contributed by atoms with Crippen LogP contribution in [0.2, 0.25) is 0 Å². The highest BCUT2D eigenvalue weighted by Crippen LogP contribution is 2.32. The van der Waals surface area contributed by atoms with E-state index in [9.17, 15) is 24.8 Å². The fourth-order valence-electron chi connectivity index (χ4n) is 3.32. The smallest absolute Gasteiger partial charge is 0.339 e. The molecule has 29 heavy (non-hydrogen) atoms. The van der Waals surface area contributed by atoms with E-state index in [1.165, 1.54) is 18.2 Å². The first-order valence-corrected chi connectivity index (χ1v) is 9.17. The van der Waals surface area contributed by atoms with E-state index in [2.05, 4.69) is 12.2 Å². The van der Waals surface area contributed by atoms with Crippen molar-refractivity contribution in [3.05, 3.63) is 57.6 Å². The quantitative estimate of drug-likeness (QED) is 0.518. The summed E-state index contributed by atoms with van der Waals surface area (Å²) in [6.07, 6.45) is 1.91. The van der Waals surface area contributed by atoms with Gasteiger partial charge in [0.15, 0.2) is 0 Å². The number of nitro benzene ring substituents is 1. The molecule has 9 heteroatoms. The number of aromatic hydroxyl groups is 1. The number of piperidine rings is 1. The van der Waals surface area contributed by atoms with Crippen molar-refractivity contribution in [3.63, 3.8) is 0 Å². The minimum absolute atomic E-state index is 0.0904. The SMILES string of the molecule is CC1CCN(c2ccc(C(=O)Nc3ccc(C(=O)O)c(O)c3)cc2[N+](=O)[O-])CC1. The molecule has 0 atom stereocenters. The lowest BCUT2D eigenvalue weighted by Crippen LogP contribution is -2.33. The molecule has 3 N–H and O–H groups in total. The molecular formula is C20H21N3O6. The number of nitro groups is 1. The van der Waals surface area contributed by atoms with Gasteiger partial charge in [0, 0.05) is 36.5 Å². The number of hydrogen-bond donors (Lipinski definition) is 3. The van der Waals surface area contributed by atoms with Crippen LogP contribution >= 0.6 is 0 Å². The van der Waals surface area contributed by atoms with Crippen LogP contribution < -0.4 is 10.2 Å². The van der Waals surface area contributed by atoms with Gasteiger partial charge in [-0.25, -0.2) is 4.79 Å². The van der Waals surface area contributed by atoms with Crippen molar-refractivity contribution in [1.82, 2.24) is 0 Å². The lowest BCUT2D eigenvalue weighted by molar-refractivity contribution is -0.384. The van der Waals surface area contributed by atoms with Gasteiger partial charge in [-0.1, -0.05) is 6.92 Å². The summed E-state index contributed by atoms with van der Waals surface area (Å²) in [5.74, 6) is -1.80. The number of rotatable bonds is 5. The number of carbonyl (C=O) groups excluding carboxylic acids is 1. The molecule has 0 aliphatic carbocycles. The van der Waals surface area contributed by atoms with Crippen LogP contribution in [-0.2, 0) is 0 Å². The Kier molecular flexibility index (Phi) is 5.67. The first-order valence-electron chi connectivity index (χ1n) is 9.17. The van der Waals surface area contributed by atoms with Gasteiger partial charge in [-0.3, -0.25) is 14.9 Å². The third-order valence-corrected chi connectivity index (χ3v) is 5.04. The first kappa shape index (κ1) is 20.1. The Morgan fingerprint density at radius 3 is 2.45 bits per heavy atom. The van der Waals surface area contributed by atoms with Crippen molar-refractivity contribution in [3.8, 4) is 5.75 Å². The molecule has 0 saturated carbocycles. The molecule has 0 radical (unpaired) electrons. The van der Waals surface area contributed by atoms with Crippen LogP contribution in [0.4, 0.5) is 17.1 Å². The molecule has 152 valence electrons. The monoisotopic (exact) mass is 399 g/mol. The molecule has 1 aliphatic rings. The minimum atomic E-state index is -1.29. The molecular weight excluding hydrogens is 378 g/mol. The maximum absolute atomic E-state index is 12.5. The lowest BCUT2D eigenvalue weighted by atomic mass is 9.98. The Morgan fingerprint density at radius 1 is 1.17 bits per heavy atom. The molecule has 1 aliphatic heterocycles. The van der Waals surface area contributed by atoms with E-state index in [0.717, 1.165) is 38.1 Å². The Hall–Kier alpha value is -3.62. The van der Waals surface area contributed by atoms with E-state index in [-0.39, 0.29) is 22.5 Å². The lowest BCUT2D eigenvalue weighted by Gasteiger charge is -2.31. The van der Waals surface area contributed by atoms with Crippen molar-refractivity contribution >= 4 is 28.9 Å². The van der Waals surface area contributed by atoms with Crippen molar-refractivity contribution < 1.29 is 24.7 Å². The molecule has 0 spiro atoms. The molecule has 0 unspecified atom stereocenters. The van der Waals surface area contributed by atoms with E-state index in [1.807, 2.05) is 4.90 Å². The summed E-state index contributed by atoms with van der Waals surface area (Å²) in [6.45, 7) is 3.60. The van der Waals surface area contributed by atoms with Gasteiger partial charge in [0.25, 0.3) is 11.6 Å². The highest BCUT2D eigenvalue weighted by molar-refractivity contribution is 6.05. The second-order valence-electron chi connectivity index (χ2n) is 7.12. The summed E-state index contributed by atoms with van der Waals surface area (Å²) in [5.41, 5.74) is 0.318. The van der Waals surface area contributed by atoms with Gasteiger partial charge < -0.3 is 20.4 Å². The van der Waals surface area contributed by atoms with E-state index in [0.29, 0.717) is 11.6 Å². The zero-order valence-corrected chi connectivity index (χ0v) is 15.8. The topological polar surface area (TPSA) is 133 Å². The number of benzene rings is 2. The van der Waals surface area contributed by atoms with Crippen molar-refractivity contribution in [2.45, 2.75) is 19.8 Å². The predicted octanol–water partition coefficient (Wildman–Crippen LogP) is 3.49. The number of hydrogen-bond acceptors (Lipinski definition) is 6. The molecule has 0 bridgehead atoms. The second kappa shape index (κ2) is 8.17. The standard InChI is InChI=1S/C20H21N3O6/c1-12-6-8-22(9-7-12)16-5-2-13(10-17(16)23(28)29)19(25)21-14-3-4-15(20(26)27)18(24)11-14/h2-5,10-12,24H,6-9H2,1H3,(H,21,25)(H,26,27). The van der Waals surface area contributed by atoms with Crippen LogP contribution in [0.1, 0.15) is 40.5 Å². The predicted molar refractivity (Wildman–Crippen MR) is 107 cm³/mol. The highest BCUT2D eigenvalue weighted by Gasteiger charge is 2.25. The maximum Gasteiger partial charge on any atom is 0.339 e. The fourth-order valence-corrected chi connectivity index (χ4v) is 3.32. The third kappa shape index (κ3) is 4.45. The molecule has 9 nitrogen and oxygen atoms in total. The Balaban J connectivity index is 1.82. The third-order valence-electron chi connectivity index (χ3n) is 5.04. The average molecular weight is 399 g/mol. The van der Waals surface area contributed by atoms with Crippen LogP contribution in [0.15, 0.2) is 36.4 Å². The van der Waals surface area contributed by atoms with Gasteiger partial charge in [0.2, 0.25) is 0 Å². The molecule has 0 aromatic heterocycles. The highest BCUT2D eigenvalue weighted by atomic mass is 16.6. The summed E-state index contributed by atoms with van der Waals surface area (Å²) in [7, 11) is 0. The number of carboxylic acids is 1. The molecule has 1 fully saturated rings.